The number of amides is 2. The van der Waals surface area contributed by atoms with Crippen molar-refractivity contribution in [2.75, 3.05) is 78.7 Å². The van der Waals surface area contributed by atoms with Crippen LogP contribution in [0, 0.1) is 11.8 Å². The molecule has 0 N–H and O–H groups in total. The highest BCUT2D eigenvalue weighted by Gasteiger charge is 2.28. The largest absolute Gasteiger partial charge is 0.379 e. The summed E-state index contributed by atoms with van der Waals surface area (Å²) in [6.07, 6.45) is 1.22. The van der Waals surface area contributed by atoms with Gasteiger partial charge in [0.15, 0.2) is 0 Å². The van der Waals surface area contributed by atoms with Gasteiger partial charge in [0.1, 0.15) is 0 Å². The summed E-state index contributed by atoms with van der Waals surface area (Å²) < 4.78 is 5.33. The van der Waals surface area contributed by atoms with Gasteiger partial charge in [-0.25, -0.2) is 0 Å². The van der Waals surface area contributed by atoms with Crippen LogP contribution in [0.1, 0.15) is 20.3 Å². The Kier molecular flexibility index (Phi) is 6.89. The standard InChI is InChI=1S/C19H34N4O3/c1-16-11-17(2)13-23(12-16)19(25)15-20-3-5-22(6-4-20)18(24)14-21-7-9-26-10-8-21/h16-17H,3-15H2,1-2H3. The number of rotatable bonds is 4. The molecule has 3 fully saturated rings. The monoisotopic (exact) mass is 366 g/mol. The van der Waals surface area contributed by atoms with Crippen LogP contribution in [0.15, 0.2) is 0 Å². The number of piperazine rings is 1. The summed E-state index contributed by atoms with van der Waals surface area (Å²) in [6, 6.07) is 0. The van der Waals surface area contributed by atoms with Gasteiger partial charge in [0, 0.05) is 52.4 Å². The molecule has 0 spiro atoms. The molecular formula is C19H34N4O3. The van der Waals surface area contributed by atoms with Crippen LogP contribution in [0.3, 0.4) is 0 Å². The number of nitrogens with zero attached hydrogens (tertiary/aromatic N) is 4. The molecule has 3 rings (SSSR count). The first kappa shape index (κ1) is 19.6. The van der Waals surface area contributed by atoms with E-state index in [4.69, 9.17) is 4.74 Å². The van der Waals surface area contributed by atoms with E-state index in [0.29, 0.717) is 24.9 Å². The van der Waals surface area contributed by atoms with Gasteiger partial charge in [-0.15, -0.1) is 0 Å². The van der Waals surface area contributed by atoms with E-state index in [-0.39, 0.29) is 11.8 Å². The van der Waals surface area contributed by atoms with Gasteiger partial charge in [-0.05, 0) is 18.3 Å². The molecule has 26 heavy (non-hydrogen) atoms. The zero-order chi connectivity index (χ0) is 18.5. The van der Waals surface area contributed by atoms with Crippen LogP contribution in [0.5, 0.6) is 0 Å². The highest BCUT2D eigenvalue weighted by Crippen LogP contribution is 2.21. The summed E-state index contributed by atoms with van der Waals surface area (Å²) in [4.78, 5) is 33.4. The first-order valence-corrected chi connectivity index (χ1v) is 10.1. The van der Waals surface area contributed by atoms with Crippen LogP contribution < -0.4 is 0 Å². The molecule has 3 aliphatic heterocycles. The first-order valence-electron chi connectivity index (χ1n) is 10.1. The third-order valence-corrected chi connectivity index (χ3v) is 5.77. The molecule has 0 bridgehead atoms. The summed E-state index contributed by atoms with van der Waals surface area (Å²) in [5.74, 6) is 1.64. The maximum absolute atomic E-state index is 12.6. The summed E-state index contributed by atoms with van der Waals surface area (Å²) in [5, 5.41) is 0. The maximum atomic E-state index is 12.6. The fraction of sp³-hybridized carbons (Fsp3) is 0.895. The van der Waals surface area contributed by atoms with Crippen LogP contribution in [-0.4, -0.2) is 110 Å². The third-order valence-electron chi connectivity index (χ3n) is 5.77. The van der Waals surface area contributed by atoms with Crippen molar-refractivity contribution in [3.8, 4) is 0 Å². The van der Waals surface area contributed by atoms with Gasteiger partial charge < -0.3 is 14.5 Å². The molecule has 3 aliphatic rings. The fourth-order valence-corrected chi connectivity index (χ4v) is 4.36. The lowest BCUT2D eigenvalue weighted by molar-refractivity contribution is -0.137. The quantitative estimate of drug-likeness (QED) is 0.699. The highest BCUT2D eigenvalue weighted by atomic mass is 16.5. The minimum absolute atomic E-state index is 0.205. The zero-order valence-electron chi connectivity index (χ0n) is 16.4. The van der Waals surface area contributed by atoms with Gasteiger partial charge in [0.2, 0.25) is 11.8 Å². The van der Waals surface area contributed by atoms with Crippen molar-refractivity contribution >= 4 is 11.8 Å². The lowest BCUT2D eigenvalue weighted by Gasteiger charge is -2.39. The van der Waals surface area contributed by atoms with Crippen molar-refractivity contribution in [2.45, 2.75) is 20.3 Å². The molecule has 7 nitrogen and oxygen atoms in total. The van der Waals surface area contributed by atoms with E-state index >= 15 is 0 Å². The Bertz CT molecular complexity index is 477. The summed E-state index contributed by atoms with van der Waals surface area (Å²) in [6.45, 7) is 13.4. The molecule has 2 unspecified atom stereocenters. The van der Waals surface area contributed by atoms with E-state index < -0.39 is 0 Å². The Labute approximate surface area is 157 Å². The van der Waals surface area contributed by atoms with E-state index in [1.807, 2.05) is 9.80 Å². The molecule has 0 aromatic carbocycles. The number of carbonyl (C=O) groups is 2. The van der Waals surface area contributed by atoms with Crippen molar-refractivity contribution in [3.63, 3.8) is 0 Å². The van der Waals surface area contributed by atoms with Crippen LogP contribution in [-0.2, 0) is 14.3 Å². The van der Waals surface area contributed by atoms with E-state index in [1.54, 1.807) is 0 Å². The molecule has 3 heterocycles. The van der Waals surface area contributed by atoms with Crippen LogP contribution in [0.25, 0.3) is 0 Å². The zero-order valence-corrected chi connectivity index (χ0v) is 16.4. The van der Waals surface area contributed by atoms with E-state index in [0.717, 1.165) is 65.6 Å². The van der Waals surface area contributed by atoms with Crippen molar-refractivity contribution < 1.29 is 14.3 Å². The van der Waals surface area contributed by atoms with Gasteiger partial charge in [-0.1, -0.05) is 13.8 Å². The summed E-state index contributed by atoms with van der Waals surface area (Å²) in [5.41, 5.74) is 0. The molecule has 0 saturated carbocycles. The number of carbonyl (C=O) groups excluding carboxylic acids is 2. The molecule has 0 aromatic heterocycles. The highest BCUT2D eigenvalue weighted by molar-refractivity contribution is 5.79. The SMILES string of the molecule is CC1CC(C)CN(C(=O)CN2CCN(C(=O)CN3CCOCC3)CC2)C1. The molecule has 0 radical (unpaired) electrons. The second-order valence-corrected chi connectivity index (χ2v) is 8.29. The number of morpholine rings is 1. The Hall–Kier alpha value is -1.18. The smallest absolute Gasteiger partial charge is 0.236 e. The molecule has 7 heteroatoms. The van der Waals surface area contributed by atoms with Gasteiger partial charge in [0.25, 0.3) is 0 Å². The van der Waals surface area contributed by atoms with Crippen molar-refractivity contribution in [2.24, 2.45) is 11.8 Å². The van der Waals surface area contributed by atoms with Gasteiger partial charge >= 0.3 is 0 Å². The summed E-state index contributed by atoms with van der Waals surface area (Å²) in [7, 11) is 0. The van der Waals surface area contributed by atoms with Crippen LogP contribution in [0.2, 0.25) is 0 Å². The second kappa shape index (κ2) is 9.15. The van der Waals surface area contributed by atoms with Crippen LogP contribution >= 0.6 is 0 Å². The molecular weight excluding hydrogens is 332 g/mol. The number of likely N-dealkylation sites (tertiary alicyclic amines) is 1. The Balaban J connectivity index is 1.39. The molecule has 0 aromatic rings. The summed E-state index contributed by atoms with van der Waals surface area (Å²) >= 11 is 0. The molecule has 0 aliphatic carbocycles. The van der Waals surface area contributed by atoms with Gasteiger partial charge in [0.05, 0.1) is 26.3 Å². The fourth-order valence-electron chi connectivity index (χ4n) is 4.36. The second-order valence-electron chi connectivity index (χ2n) is 8.29. The van der Waals surface area contributed by atoms with E-state index in [9.17, 15) is 9.59 Å². The predicted molar refractivity (Wildman–Crippen MR) is 99.8 cm³/mol. The number of hydrogen-bond donors (Lipinski definition) is 0. The number of hydrogen-bond acceptors (Lipinski definition) is 5. The maximum Gasteiger partial charge on any atom is 0.236 e. The van der Waals surface area contributed by atoms with Crippen LogP contribution in [0.4, 0.5) is 0 Å². The number of piperidine rings is 1. The normalized spacial score (nSPS) is 29.0. The Morgan fingerprint density at radius 1 is 0.769 bits per heavy atom. The van der Waals surface area contributed by atoms with Crippen molar-refractivity contribution in [3.05, 3.63) is 0 Å². The minimum Gasteiger partial charge on any atom is -0.379 e. The van der Waals surface area contributed by atoms with Gasteiger partial charge in [-0.3, -0.25) is 19.4 Å². The average Bonchev–Trinajstić information content (AvgIpc) is 2.62. The predicted octanol–water partition coefficient (Wildman–Crippen LogP) is -0.0327. The van der Waals surface area contributed by atoms with Gasteiger partial charge in [-0.2, -0.15) is 0 Å². The van der Waals surface area contributed by atoms with E-state index in [2.05, 4.69) is 23.6 Å². The Morgan fingerprint density at radius 2 is 1.27 bits per heavy atom. The van der Waals surface area contributed by atoms with E-state index in [1.165, 1.54) is 6.42 Å². The Morgan fingerprint density at radius 3 is 1.85 bits per heavy atom. The number of ether oxygens (including phenoxy) is 1. The first-order chi connectivity index (χ1) is 12.5. The lowest BCUT2D eigenvalue weighted by atomic mass is 9.92. The molecule has 3 saturated heterocycles. The molecule has 2 atom stereocenters. The third kappa shape index (κ3) is 5.41. The topological polar surface area (TPSA) is 56.3 Å². The molecule has 148 valence electrons. The van der Waals surface area contributed by atoms with Crippen molar-refractivity contribution in [1.82, 2.24) is 19.6 Å². The minimum atomic E-state index is 0.205. The van der Waals surface area contributed by atoms with Crippen molar-refractivity contribution in [1.29, 1.82) is 0 Å². The molecule has 2 amide bonds. The lowest BCUT2D eigenvalue weighted by Crippen LogP contribution is -2.54. The average molecular weight is 367 g/mol.